The van der Waals surface area contributed by atoms with Crippen molar-refractivity contribution < 1.29 is 9.72 Å². The lowest BCUT2D eigenvalue weighted by Gasteiger charge is -2.19. The van der Waals surface area contributed by atoms with E-state index >= 15 is 0 Å². The van der Waals surface area contributed by atoms with Crippen LogP contribution in [-0.4, -0.2) is 16.4 Å². The van der Waals surface area contributed by atoms with Gasteiger partial charge in [0.25, 0.3) is 11.6 Å². The highest BCUT2D eigenvalue weighted by atomic mass is 79.9. The highest BCUT2D eigenvalue weighted by Gasteiger charge is 2.20. The van der Waals surface area contributed by atoms with Crippen molar-refractivity contribution in [2.75, 3.05) is 0 Å². The van der Waals surface area contributed by atoms with Gasteiger partial charge >= 0.3 is 0 Å². The van der Waals surface area contributed by atoms with Crippen molar-refractivity contribution in [2.45, 2.75) is 19.4 Å². The zero-order chi connectivity index (χ0) is 13.9. The minimum atomic E-state index is -0.811. The molecule has 0 saturated heterocycles. The van der Waals surface area contributed by atoms with Crippen LogP contribution in [0.1, 0.15) is 24.2 Å². The van der Waals surface area contributed by atoms with Gasteiger partial charge < -0.3 is 5.32 Å². The van der Waals surface area contributed by atoms with E-state index in [1.54, 1.807) is 13.8 Å². The lowest BCUT2D eigenvalue weighted by molar-refractivity contribution is -0.385. The maximum Gasteiger partial charge on any atom is 0.271 e. The fourth-order valence-electron chi connectivity index (χ4n) is 1.20. The molecule has 0 saturated carbocycles. The number of hydrogen-bond acceptors (Lipinski definition) is 3. The summed E-state index contributed by atoms with van der Waals surface area (Å²) in [4.78, 5) is 22.0. The highest BCUT2D eigenvalue weighted by Crippen LogP contribution is 2.21. The maximum absolute atomic E-state index is 11.9. The molecule has 0 aliphatic rings. The summed E-state index contributed by atoms with van der Waals surface area (Å²) in [5, 5.41) is 13.3. The Bertz CT molecular complexity index is 547. The predicted octanol–water partition coefficient (Wildman–Crippen LogP) is 2.50. The van der Waals surface area contributed by atoms with Gasteiger partial charge in [0.1, 0.15) is 0 Å². The lowest BCUT2D eigenvalue weighted by atomic mass is 10.1. The van der Waals surface area contributed by atoms with Gasteiger partial charge in [0, 0.05) is 22.2 Å². The SMILES string of the molecule is C#CC(C)(C)NC(=O)c1cc(Br)cc([N+](=O)[O-])c1. The molecule has 0 aromatic heterocycles. The van der Waals surface area contributed by atoms with Crippen molar-refractivity contribution in [3.8, 4) is 12.3 Å². The molecule has 1 aromatic carbocycles. The van der Waals surface area contributed by atoms with Crippen LogP contribution in [-0.2, 0) is 0 Å². The van der Waals surface area contributed by atoms with Crippen LogP contribution in [0, 0.1) is 22.5 Å². The number of carbonyl (C=O) groups is 1. The maximum atomic E-state index is 11.9. The Morgan fingerprint density at radius 3 is 2.61 bits per heavy atom. The van der Waals surface area contributed by atoms with Crippen LogP contribution >= 0.6 is 15.9 Å². The number of non-ortho nitro benzene ring substituents is 1. The number of halogens is 1. The third-order valence-electron chi connectivity index (χ3n) is 2.14. The van der Waals surface area contributed by atoms with Crippen molar-refractivity contribution >= 4 is 27.5 Å². The molecule has 1 amide bonds. The van der Waals surface area contributed by atoms with E-state index in [4.69, 9.17) is 6.42 Å². The van der Waals surface area contributed by atoms with Gasteiger partial charge in [-0.2, -0.15) is 0 Å². The minimum absolute atomic E-state index is 0.159. The van der Waals surface area contributed by atoms with Gasteiger partial charge in [-0.3, -0.25) is 14.9 Å². The molecule has 0 fully saturated rings. The molecular weight excluding hydrogens is 300 g/mol. The Labute approximate surface area is 113 Å². The number of hydrogen-bond donors (Lipinski definition) is 1. The van der Waals surface area contributed by atoms with Crippen LogP contribution in [0.5, 0.6) is 0 Å². The zero-order valence-corrected chi connectivity index (χ0v) is 11.4. The monoisotopic (exact) mass is 310 g/mol. The van der Waals surface area contributed by atoms with Crippen LogP contribution in [0.15, 0.2) is 22.7 Å². The molecule has 1 N–H and O–H groups in total. The Kier molecular flexibility index (Phi) is 4.09. The van der Waals surface area contributed by atoms with Crippen molar-refractivity contribution in [1.29, 1.82) is 0 Å². The van der Waals surface area contributed by atoms with E-state index in [-0.39, 0.29) is 11.3 Å². The zero-order valence-electron chi connectivity index (χ0n) is 9.86. The molecule has 0 unspecified atom stereocenters. The van der Waals surface area contributed by atoms with Crippen molar-refractivity contribution in [3.05, 3.63) is 38.3 Å². The molecule has 0 heterocycles. The van der Waals surface area contributed by atoms with E-state index in [2.05, 4.69) is 27.2 Å². The fourth-order valence-corrected chi connectivity index (χ4v) is 1.68. The predicted molar refractivity (Wildman–Crippen MR) is 71.2 cm³/mol. The van der Waals surface area contributed by atoms with Crippen LogP contribution < -0.4 is 5.32 Å². The second kappa shape index (κ2) is 5.19. The van der Waals surface area contributed by atoms with Crippen LogP contribution in [0.25, 0.3) is 0 Å². The molecule has 0 spiro atoms. The van der Waals surface area contributed by atoms with E-state index < -0.39 is 16.4 Å². The summed E-state index contributed by atoms with van der Waals surface area (Å²) in [6.07, 6.45) is 5.26. The summed E-state index contributed by atoms with van der Waals surface area (Å²) in [6, 6.07) is 4.02. The topological polar surface area (TPSA) is 72.2 Å². The van der Waals surface area contributed by atoms with Gasteiger partial charge in [0.2, 0.25) is 0 Å². The first kappa shape index (κ1) is 14.2. The van der Waals surface area contributed by atoms with Crippen LogP contribution in [0.2, 0.25) is 0 Å². The standard InChI is InChI=1S/C12H11BrN2O3/c1-4-12(2,3)14-11(16)8-5-9(13)7-10(6-8)15(17)18/h1,5-7H,2-3H3,(H,14,16). The third-order valence-corrected chi connectivity index (χ3v) is 2.60. The summed E-state index contributed by atoms with van der Waals surface area (Å²) in [5.74, 6) is 1.96. The Balaban J connectivity index is 3.08. The number of carbonyl (C=O) groups excluding carboxylic acids is 1. The van der Waals surface area contributed by atoms with Crippen LogP contribution in [0.3, 0.4) is 0 Å². The molecule has 0 aliphatic heterocycles. The smallest absolute Gasteiger partial charge is 0.271 e. The molecule has 5 nitrogen and oxygen atoms in total. The third kappa shape index (κ3) is 3.57. The summed E-state index contributed by atoms with van der Waals surface area (Å²) in [5.41, 5.74) is -0.791. The second-order valence-corrected chi connectivity index (χ2v) is 5.09. The lowest BCUT2D eigenvalue weighted by Crippen LogP contribution is -2.42. The first-order valence-electron chi connectivity index (χ1n) is 5.00. The molecule has 0 radical (unpaired) electrons. The van der Waals surface area contributed by atoms with E-state index in [9.17, 15) is 14.9 Å². The quantitative estimate of drug-likeness (QED) is 0.529. The van der Waals surface area contributed by atoms with Gasteiger partial charge in [-0.05, 0) is 19.9 Å². The number of nitrogens with zero attached hydrogens (tertiary/aromatic N) is 1. The molecule has 6 heteroatoms. The van der Waals surface area contributed by atoms with E-state index in [0.717, 1.165) is 0 Å². The van der Waals surface area contributed by atoms with Gasteiger partial charge in [-0.15, -0.1) is 6.42 Å². The Morgan fingerprint density at radius 1 is 1.50 bits per heavy atom. The summed E-state index contributed by atoms with van der Waals surface area (Å²) in [7, 11) is 0. The van der Waals surface area contributed by atoms with Crippen LogP contribution in [0.4, 0.5) is 5.69 Å². The average Bonchev–Trinajstić information content (AvgIpc) is 2.27. The number of nitro benzene ring substituents is 1. The summed E-state index contributed by atoms with van der Waals surface area (Å²) >= 11 is 3.12. The first-order chi connectivity index (χ1) is 8.25. The molecule has 0 aliphatic carbocycles. The van der Waals surface area contributed by atoms with Gasteiger partial charge in [-0.1, -0.05) is 21.9 Å². The molecule has 94 valence electrons. The normalized spacial score (nSPS) is 10.6. The Morgan fingerprint density at radius 2 is 2.11 bits per heavy atom. The second-order valence-electron chi connectivity index (χ2n) is 4.18. The molecule has 1 rings (SSSR count). The minimum Gasteiger partial charge on any atom is -0.336 e. The Hall–Kier alpha value is -1.87. The van der Waals surface area contributed by atoms with E-state index in [1.165, 1.54) is 18.2 Å². The number of benzene rings is 1. The molecule has 0 bridgehead atoms. The van der Waals surface area contributed by atoms with E-state index in [1.807, 2.05) is 0 Å². The molecule has 0 atom stereocenters. The van der Waals surface area contributed by atoms with Gasteiger partial charge in [0.15, 0.2) is 0 Å². The molecule has 18 heavy (non-hydrogen) atoms. The van der Waals surface area contributed by atoms with Crippen molar-refractivity contribution in [2.24, 2.45) is 0 Å². The largest absolute Gasteiger partial charge is 0.336 e. The number of nitro groups is 1. The number of rotatable bonds is 3. The molecule has 1 aromatic rings. The number of nitrogens with one attached hydrogen (secondary N) is 1. The van der Waals surface area contributed by atoms with Gasteiger partial charge in [0.05, 0.1) is 10.5 Å². The summed E-state index contributed by atoms with van der Waals surface area (Å²) < 4.78 is 0.459. The summed E-state index contributed by atoms with van der Waals surface area (Å²) in [6.45, 7) is 3.33. The van der Waals surface area contributed by atoms with E-state index in [0.29, 0.717) is 4.47 Å². The first-order valence-corrected chi connectivity index (χ1v) is 5.80. The van der Waals surface area contributed by atoms with Gasteiger partial charge in [-0.25, -0.2) is 0 Å². The van der Waals surface area contributed by atoms with Crippen molar-refractivity contribution in [3.63, 3.8) is 0 Å². The molecular formula is C12H11BrN2O3. The highest BCUT2D eigenvalue weighted by molar-refractivity contribution is 9.10. The fraction of sp³-hybridized carbons (Fsp3) is 0.250. The number of amides is 1. The van der Waals surface area contributed by atoms with Crippen molar-refractivity contribution in [1.82, 2.24) is 5.32 Å². The number of terminal acetylenes is 1. The average molecular weight is 311 g/mol.